The van der Waals surface area contributed by atoms with E-state index in [0.717, 1.165) is 34.5 Å². The lowest BCUT2D eigenvalue weighted by molar-refractivity contribution is -0.116. The Morgan fingerprint density at radius 2 is 2.06 bits per heavy atom. The number of aryl methyl sites for hydroxylation is 1. The number of para-hydroxylation sites is 1. The molecule has 1 N–H and O–H groups in total. The van der Waals surface area contributed by atoms with E-state index in [1.54, 1.807) is 4.68 Å². The molecule has 31 heavy (non-hydrogen) atoms. The van der Waals surface area contributed by atoms with Crippen LogP contribution in [0.2, 0.25) is 0 Å². The molecule has 0 atom stereocenters. The van der Waals surface area contributed by atoms with Crippen LogP contribution in [0.4, 0.5) is 5.82 Å². The van der Waals surface area contributed by atoms with Gasteiger partial charge < -0.3 is 9.73 Å². The second kappa shape index (κ2) is 8.67. The van der Waals surface area contributed by atoms with Gasteiger partial charge in [-0.15, -0.1) is 11.3 Å². The van der Waals surface area contributed by atoms with Gasteiger partial charge in [0.1, 0.15) is 17.1 Å². The van der Waals surface area contributed by atoms with E-state index in [0.29, 0.717) is 23.3 Å². The molecular formula is C24H26N4O2S. The molecule has 0 spiro atoms. The Hall–Kier alpha value is -2.93. The van der Waals surface area contributed by atoms with Gasteiger partial charge in [-0.3, -0.25) is 4.79 Å². The monoisotopic (exact) mass is 434 g/mol. The first kappa shape index (κ1) is 20.0. The van der Waals surface area contributed by atoms with Crippen LogP contribution in [0.1, 0.15) is 50.6 Å². The number of hydrogen-bond acceptors (Lipinski definition) is 5. The predicted molar refractivity (Wildman–Crippen MR) is 124 cm³/mol. The molecule has 3 heterocycles. The topological polar surface area (TPSA) is 73.0 Å². The smallest absolute Gasteiger partial charge is 0.225 e. The highest BCUT2D eigenvalue weighted by Gasteiger charge is 2.18. The van der Waals surface area contributed by atoms with Gasteiger partial charge in [0.05, 0.1) is 5.69 Å². The number of anilines is 1. The Labute approximate surface area is 185 Å². The van der Waals surface area contributed by atoms with Gasteiger partial charge in [-0.05, 0) is 31.4 Å². The van der Waals surface area contributed by atoms with Crippen LogP contribution in [-0.4, -0.2) is 20.7 Å². The zero-order valence-corrected chi connectivity index (χ0v) is 18.5. The third-order valence-electron chi connectivity index (χ3n) is 5.95. The molecule has 0 aliphatic heterocycles. The molecule has 0 bridgehead atoms. The number of hydrogen-bond donors (Lipinski definition) is 1. The Morgan fingerprint density at radius 3 is 2.90 bits per heavy atom. The Kier molecular flexibility index (Phi) is 5.59. The maximum Gasteiger partial charge on any atom is 0.225 e. The van der Waals surface area contributed by atoms with E-state index >= 15 is 0 Å². The number of benzene rings is 1. The van der Waals surface area contributed by atoms with Gasteiger partial charge in [0.25, 0.3) is 0 Å². The number of carbonyl (C=O) groups excluding carboxylic acids is 1. The number of nitrogens with zero attached hydrogens (tertiary/aromatic N) is 3. The summed E-state index contributed by atoms with van der Waals surface area (Å²) in [5, 5.41) is 11.3. The molecule has 1 aromatic carbocycles. The minimum atomic E-state index is 0.0424. The molecule has 5 rings (SSSR count). The minimum Gasteiger partial charge on any atom is -0.454 e. The molecule has 0 saturated heterocycles. The maximum atomic E-state index is 12.6. The Balaban J connectivity index is 1.31. The number of fused-ring (bicyclic) bond motifs is 1. The standard InChI is InChI=1S/C24H26N4O2S/c1-16-13-22(26-23(29)12-11-17-7-3-2-4-8-17)28(27-16)24-25-19(15-31-24)21-14-18-9-5-6-10-20(18)30-21/h5-6,9-10,13-15,17H,2-4,7-8,11-12H2,1H3,(H,26,29). The summed E-state index contributed by atoms with van der Waals surface area (Å²) in [6.45, 7) is 1.92. The molecule has 7 heteroatoms. The maximum absolute atomic E-state index is 12.6. The first-order chi connectivity index (χ1) is 15.2. The van der Waals surface area contributed by atoms with Crippen LogP contribution in [-0.2, 0) is 4.79 Å². The van der Waals surface area contributed by atoms with Crippen LogP contribution in [0.5, 0.6) is 0 Å². The summed E-state index contributed by atoms with van der Waals surface area (Å²) < 4.78 is 7.65. The third-order valence-corrected chi connectivity index (χ3v) is 6.77. The number of thiazole rings is 1. The first-order valence-electron chi connectivity index (χ1n) is 11.0. The fourth-order valence-electron chi connectivity index (χ4n) is 4.33. The van der Waals surface area contributed by atoms with E-state index in [1.807, 2.05) is 48.7 Å². The van der Waals surface area contributed by atoms with E-state index in [9.17, 15) is 4.79 Å². The van der Waals surface area contributed by atoms with E-state index in [1.165, 1.54) is 43.4 Å². The molecule has 1 fully saturated rings. The number of carbonyl (C=O) groups is 1. The zero-order chi connectivity index (χ0) is 21.2. The number of aromatic nitrogens is 3. The van der Waals surface area contributed by atoms with E-state index in [-0.39, 0.29) is 5.91 Å². The molecule has 3 aromatic heterocycles. The molecule has 1 amide bonds. The summed E-state index contributed by atoms with van der Waals surface area (Å²) in [7, 11) is 0. The summed E-state index contributed by atoms with van der Waals surface area (Å²) in [6.07, 6.45) is 7.97. The van der Waals surface area contributed by atoms with Crippen LogP contribution in [0, 0.1) is 12.8 Å². The van der Waals surface area contributed by atoms with Crippen LogP contribution in [0.15, 0.2) is 46.2 Å². The van der Waals surface area contributed by atoms with Crippen molar-refractivity contribution in [1.82, 2.24) is 14.8 Å². The Morgan fingerprint density at radius 1 is 1.23 bits per heavy atom. The van der Waals surface area contributed by atoms with E-state index < -0.39 is 0 Å². The summed E-state index contributed by atoms with van der Waals surface area (Å²) in [6, 6.07) is 11.8. The van der Waals surface area contributed by atoms with Crippen molar-refractivity contribution >= 4 is 34.0 Å². The SMILES string of the molecule is Cc1cc(NC(=O)CCC2CCCCC2)n(-c2nc(-c3cc4ccccc4o3)cs2)n1. The van der Waals surface area contributed by atoms with Crippen LogP contribution < -0.4 is 5.32 Å². The van der Waals surface area contributed by atoms with Gasteiger partial charge in [-0.2, -0.15) is 9.78 Å². The average Bonchev–Trinajstić information content (AvgIpc) is 3.50. The first-order valence-corrected chi connectivity index (χ1v) is 11.8. The summed E-state index contributed by atoms with van der Waals surface area (Å²) in [5.74, 6) is 2.12. The van der Waals surface area contributed by atoms with Crippen molar-refractivity contribution in [3.05, 3.63) is 47.5 Å². The highest BCUT2D eigenvalue weighted by atomic mass is 32.1. The molecule has 6 nitrogen and oxygen atoms in total. The third kappa shape index (κ3) is 4.42. The second-order valence-electron chi connectivity index (χ2n) is 8.34. The molecule has 0 radical (unpaired) electrons. The largest absolute Gasteiger partial charge is 0.454 e. The van der Waals surface area contributed by atoms with E-state index in [4.69, 9.17) is 9.40 Å². The number of amides is 1. The van der Waals surface area contributed by atoms with Crippen molar-refractivity contribution < 1.29 is 9.21 Å². The molecular weight excluding hydrogens is 408 g/mol. The molecule has 1 aliphatic rings. The summed E-state index contributed by atoms with van der Waals surface area (Å²) in [5.41, 5.74) is 2.44. The minimum absolute atomic E-state index is 0.0424. The average molecular weight is 435 g/mol. The molecule has 160 valence electrons. The van der Waals surface area contributed by atoms with Gasteiger partial charge in [-0.1, -0.05) is 50.3 Å². The highest BCUT2D eigenvalue weighted by molar-refractivity contribution is 7.12. The van der Waals surface area contributed by atoms with Gasteiger partial charge >= 0.3 is 0 Å². The number of furan rings is 1. The fourth-order valence-corrected chi connectivity index (χ4v) is 5.11. The molecule has 1 aliphatic carbocycles. The number of rotatable bonds is 6. The fraction of sp³-hybridized carbons (Fsp3) is 0.375. The van der Waals surface area contributed by atoms with Gasteiger partial charge in [0.2, 0.25) is 11.0 Å². The van der Waals surface area contributed by atoms with Crippen LogP contribution >= 0.6 is 11.3 Å². The second-order valence-corrected chi connectivity index (χ2v) is 9.17. The summed E-state index contributed by atoms with van der Waals surface area (Å²) in [4.78, 5) is 17.3. The van der Waals surface area contributed by atoms with Crippen molar-refractivity contribution in [3.63, 3.8) is 0 Å². The lowest BCUT2D eigenvalue weighted by atomic mass is 9.86. The molecule has 1 saturated carbocycles. The quantitative estimate of drug-likeness (QED) is 0.384. The lowest BCUT2D eigenvalue weighted by Crippen LogP contribution is -2.17. The normalized spacial score (nSPS) is 14.9. The Bertz CT molecular complexity index is 1170. The van der Waals surface area contributed by atoms with E-state index in [2.05, 4.69) is 10.4 Å². The van der Waals surface area contributed by atoms with Crippen LogP contribution in [0.25, 0.3) is 27.6 Å². The molecule has 4 aromatic rings. The van der Waals surface area contributed by atoms with Gasteiger partial charge in [0, 0.05) is 23.3 Å². The van der Waals surface area contributed by atoms with Crippen molar-refractivity contribution in [2.24, 2.45) is 5.92 Å². The van der Waals surface area contributed by atoms with Crippen LogP contribution in [0.3, 0.4) is 0 Å². The summed E-state index contributed by atoms with van der Waals surface area (Å²) >= 11 is 1.48. The van der Waals surface area contributed by atoms with Crippen molar-refractivity contribution in [3.8, 4) is 16.6 Å². The van der Waals surface area contributed by atoms with Crippen molar-refractivity contribution in [2.75, 3.05) is 5.32 Å². The number of nitrogens with one attached hydrogen (secondary N) is 1. The lowest BCUT2D eigenvalue weighted by Gasteiger charge is -2.20. The predicted octanol–water partition coefficient (Wildman–Crippen LogP) is 6.35. The van der Waals surface area contributed by atoms with Gasteiger partial charge in [-0.25, -0.2) is 4.98 Å². The zero-order valence-electron chi connectivity index (χ0n) is 17.6. The van der Waals surface area contributed by atoms with Gasteiger partial charge in [0.15, 0.2) is 5.76 Å². The molecule has 0 unspecified atom stereocenters. The highest BCUT2D eigenvalue weighted by Crippen LogP contribution is 2.31. The van der Waals surface area contributed by atoms with Crippen molar-refractivity contribution in [2.45, 2.75) is 51.9 Å². The van der Waals surface area contributed by atoms with Crippen molar-refractivity contribution in [1.29, 1.82) is 0 Å².